The molecule has 2 aromatic carbocycles. The van der Waals surface area contributed by atoms with Crippen molar-refractivity contribution in [1.29, 1.82) is 0 Å². The number of rotatable bonds is 9. The van der Waals surface area contributed by atoms with E-state index in [1.165, 1.54) is 0 Å². The first-order valence-electron chi connectivity index (χ1n) is 12.7. The number of hydrogen-bond acceptors (Lipinski definition) is 4. The van der Waals surface area contributed by atoms with Crippen molar-refractivity contribution in [3.63, 3.8) is 0 Å². The number of carbonyl (C=O) groups is 1. The van der Waals surface area contributed by atoms with E-state index in [2.05, 4.69) is 9.88 Å². The van der Waals surface area contributed by atoms with Gasteiger partial charge >= 0.3 is 12.4 Å². The summed E-state index contributed by atoms with van der Waals surface area (Å²) in [7, 11) is 1.67. The Labute approximate surface area is 228 Å². The van der Waals surface area contributed by atoms with Gasteiger partial charge in [-0.1, -0.05) is 36.4 Å². The van der Waals surface area contributed by atoms with Crippen molar-refractivity contribution >= 4 is 6.41 Å². The van der Waals surface area contributed by atoms with Gasteiger partial charge in [0.2, 0.25) is 6.41 Å². The van der Waals surface area contributed by atoms with Crippen molar-refractivity contribution in [2.24, 2.45) is 0 Å². The van der Waals surface area contributed by atoms with Crippen molar-refractivity contribution in [3.05, 3.63) is 101 Å². The number of ether oxygens (including phenoxy) is 1. The lowest BCUT2D eigenvalue weighted by Crippen LogP contribution is -2.54. The summed E-state index contributed by atoms with van der Waals surface area (Å²) in [5, 5.41) is 0. The molecular weight excluding hydrogens is 536 g/mol. The number of amides is 1. The minimum atomic E-state index is -4.94. The molecule has 1 fully saturated rings. The summed E-state index contributed by atoms with van der Waals surface area (Å²) < 4.78 is 86.5. The maximum atomic E-state index is 13.4. The summed E-state index contributed by atoms with van der Waals surface area (Å²) in [6.07, 6.45) is -5.10. The molecule has 1 aliphatic rings. The van der Waals surface area contributed by atoms with Crippen molar-refractivity contribution in [2.75, 3.05) is 13.6 Å². The smallest absolute Gasteiger partial charge is 0.372 e. The van der Waals surface area contributed by atoms with Crippen molar-refractivity contribution < 1.29 is 35.9 Å². The average Bonchev–Trinajstić information content (AvgIpc) is 2.94. The first-order valence-corrected chi connectivity index (χ1v) is 12.7. The summed E-state index contributed by atoms with van der Waals surface area (Å²) >= 11 is 0. The van der Waals surface area contributed by atoms with E-state index >= 15 is 0 Å². The molecule has 1 aromatic heterocycles. The fourth-order valence-corrected chi connectivity index (χ4v) is 5.15. The molecule has 3 aromatic rings. The van der Waals surface area contributed by atoms with Gasteiger partial charge in [0, 0.05) is 32.4 Å². The van der Waals surface area contributed by atoms with Crippen LogP contribution in [0.5, 0.6) is 0 Å². The largest absolute Gasteiger partial charge is 0.416 e. The Hall–Kier alpha value is -3.44. The fraction of sp³-hybridized carbons (Fsp3) is 0.379. The maximum Gasteiger partial charge on any atom is 0.416 e. The molecule has 0 radical (unpaired) electrons. The quantitative estimate of drug-likeness (QED) is 0.220. The maximum absolute atomic E-state index is 13.4. The molecule has 3 atom stereocenters. The highest BCUT2D eigenvalue weighted by Gasteiger charge is 2.40. The lowest BCUT2D eigenvalue weighted by Gasteiger charge is -2.47. The highest BCUT2D eigenvalue weighted by Crippen LogP contribution is 2.39. The molecule has 1 saturated heterocycles. The molecule has 0 bridgehead atoms. The molecule has 0 saturated carbocycles. The number of pyridine rings is 1. The molecule has 0 N–H and O–H groups in total. The van der Waals surface area contributed by atoms with Gasteiger partial charge in [0.15, 0.2) is 0 Å². The summed E-state index contributed by atoms with van der Waals surface area (Å²) in [6, 6.07) is 14.1. The minimum Gasteiger partial charge on any atom is -0.372 e. The van der Waals surface area contributed by atoms with E-state index in [9.17, 15) is 31.1 Å². The second-order valence-corrected chi connectivity index (χ2v) is 9.82. The molecule has 1 aliphatic heterocycles. The Balaban J connectivity index is 1.66. The van der Waals surface area contributed by atoms with Gasteiger partial charge in [-0.2, -0.15) is 26.3 Å². The molecule has 1 amide bonds. The number of alkyl halides is 6. The van der Waals surface area contributed by atoms with E-state index in [0.717, 1.165) is 17.5 Å². The Morgan fingerprint density at radius 3 is 2.25 bits per heavy atom. The summed E-state index contributed by atoms with van der Waals surface area (Å²) in [5.74, 6) is 0. The number of piperidine rings is 1. The van der Waals surface area contributed by atoms with Gasteiger partial charge in [0.25, 0.3) is 0 Å². The summed E-state index contributed by atoms with van der Waals surface area (Å²) in [5.41, 5.74) is -1.21. The van der Waals surface area contributed by atoms with Crippen LogP contribution in [0.3, 0.4) is 0 Å². The second-order valence-electron chi connectivity index (χ2n) is 9.82. The zero-order chi connectivity index (χ0) is 28.9. The number of likely N-dealkylation sites (N-methyl/N-ethyl adjacent to an activating group) is 1. The van der Waals surface area contributed by atoms with Crippen LogP contribution in [0.4, 0.5) is 26.3 Å². The molecule has 1 unspecified atom stereocenters. The van der Waals surface area contributed by atoms with Gasteiger partial charge < -0.3 is 9.64 Å². The molecule has 40 heavy (non-hydrogen) atoms. The van der Waals surface area contributed by atoms with Gasteiger partial charge in [-0.15, -0.1) is 0 Å². The summed E-state index contributed by atoms with van der Waals surface area (Å²) in [6.45, 7) is 0.163. The van der Waals surface area contributed by atoms with Gasteiger partial charge in [-0.25, -0.2) is 0 Å². The average molecular weight is 566 g/mol. The topological polar surface area (TPSA) is 45.7 Å². The SMILES string of the molecule is CN(C=O)C(Cc1cccnc1)N1CCC[C@H](OCc2cc(C(F)(F)F)cc(C(F)(F)F)c2)[C@@H]1c1ccccc1. The number of nitrogens with zero attached hydrogens (tertiary/aromatic N) is 3. The highest BCUT2D eigenvalue weighted by atomic mass is 19.4. The lowest BCUT2D eigenvalue weighted by molar-refractivity contribution is -0.143. The monoisotopic (exact) mass is 565 g/mol. The molecule has 11 heteroatoms. The Morgan fingerprint density at radius 1 is 1.00 bits per heavy atom. The minimum absolute atomic E-state index is 0.108. The lowest BCUT2D eigenvalue weighted by atomic mass is 9.90. The van der Waals surface area contributed by atoms with E-state index < -0.39 is 48.4 Å². The van der Waals surface area contributed by atoms with Gasteiger partial charge in [0.1, 0.15) is 0 Å². The first-order chi connectivity index (χ1) is 19.0. The predicted octanol–water partition coefficient (Wildman–Crippen LogP) is 6.50. The van der Waals surface area contributed by atoms with Crippen LogP contribution < -0.4 is 0 Å². The number of likely N-dealkylation sites (tertiary alicyclic amines) is 1. The number of hydrogen-bond donors (Lipinski definition) is 0. The predicted molar refractivity (Wildman–Crippen MR) is 136 cm³/mol. The molecular formula is C29H29F6N3O2. The van der Waals surface area contributed by atoms with E-state index in [1.54, 1.807) is 30.4 Å². The Kier molecular flexibility index (Phi) is 9.15. The van der Waals surface area contributed by atoms with Crippen molar-refractivity contribution in [1.82, 2.24) is 14.8 Å². The molecule has 5 nitrogen and oxygen atoms in total. The van der Waals surface area contributed by atoms with Crippen molar-refractivity contribution in [3.8, 4) is 0 Å². The van der Waals surface area contributed by atoms with Crippen LogP contribution in [-0.4, -0.2) is 47.1 Å². The van der Waals surface area contributed by atoms with Gasteiger partial charge in [-0.3, -0.25) is 14.7 Å². The van der Waals surface area contributed by atoms with Crippen LogP contribution in [0.15, 0.2) is 73.1 Å². The van der Waals surface area contributed by atoms with Crippen molar-refractivity contribution in [2.45, 2.75) is 56.5 Å². The standard InChI is InChI=1S/C29H29F6N3O2/c1-37(19-39)26(15-20-7-5-11-36-17-20)38-12-6-10-25(27(38)22-8-3-2-4-9-22)40-18-21-13-23(28(30,31)32)16-24(14-21)29(33,34)35/h2-5,7-9,11,13-14,16-17,19,25-27H,6,10,12,15,18H2,1H3/t25-,26?,27-/m0/s1. The zero-order valence-electron chi connectivity index (χ0n) is 21.7. The summed E-state index contributed by atoms with van der Waals surface area (Å²) in [4.78, 5) is 19.7. The number of carbonyl (C=O) groups excluding carboxylic acids is 1. The molecule has 0 spiro atoms. The Morgan fingerprint density at radius 2 is 1.68 bits per heavy atom. The normalized spacial score (nSPS) is 19.3. The second kappa shape index (κ2) is 12.4. The third-order valence-corrected chi connectivity index (χ3v) is 7.03. The third kappa shape index (κ3) is 7.19. The highest BCUT2D eigenvalue weighted by molar-refractivity contribution is 5.47. The van der Waals surface area contributed by atoms with Crippen LogP contribution in [0, 0.1) is 0 Å². The van der Waals surface area contributed by atoms with Crippen LogP contribution in [0.25, 0.3) is 0 Å². The number of benzene rings is 2. The molecule has 2 heterocycles. The van der Waals surface area contributed by atoms with Crippen LogP contribution in [0.1, 0.15) is 46.7 Å². The number of aromatic nitrogens is 1. The van der Waals surface area contributed by atoms with E-state index in [0.29, 0.717) is 37.9 Å². The van der Waals surface area contributed by atoms with Crippen LogP contribution in [-0.2, 0) is 34.9 Å². The van der Waals surface area contributed by atoms with E-state index in [4.69, 9.17) is 4.74 Å². The fourth-order valence-electron chi connectivity index (χ4n) is 5.15. The first kappa shape index (κ1) is 29.5. The Bertz CT molecular complexity index is 1220. The third-order valence-electron chi connectivity index (χ3n) is 7.03. The van der Waals surface area contributed by atoms with Gasteiger partial charge in [-0.05, 0) is 53.8 Å². The molecule has 214 valence electrons. The van der Waals surface area contributed by atoms with Crippen LogP contribution in [0.2, 0.25) is 0 Å². The molecule has 4 rings (SSSR count). The van der Waals surface area contributed by atoms with E-state index in [1.807, 2.05) is 36.4 Å². The van der Waals surface area contributed by atoms with Gasteiger partial charge in [0.05, 0.1) is 36.0 Å². The molecule has 0 aliphatic carbocycles. The van der Waals surface area contributed by atoms with E-state index in [-0.39, 0.29) is 11.6 Å². The zero-order valence-corrected chi connectivity index (χ0v) is 21.7. The number of halogens is 6. The van der Waals surface area contributed by atoms with Crippen LogP contribution >= 0.6 is 0 Å².